The van der Waals surface area contributed by atoms with Gasteiger partial charge in [-0.15, -0.1) is 0 Å². The third-order valence-corrected chi connectivity index (χ3v) is 9.18. The number of ether oxygens (including phenoxy) is 1. The van der Waals surface area contributed by atoms with E-state index in [2.05, 4.69) is 27.1 Å². The van der Waals surface area contributed by atoms with Crippen LogP contribution < -0.4 is 21.5 Å². The molecule has 5 rings (SSSR count). The Morgan fingerprint density at radius 3 is 2.55 bits per heavy atom. The Morgan fingerprint density at radius 2 is 1.79 bits per heavy atom. The summed E-state index contributed by atoms with van der Waals surface area (Å²) in [5.74, 6) is 2.67. The van der Waals surface area contributed by atoms with Gasteiger partial charge in [0.25, 0.3) is 0 Å². The number of rotatable bonds is 13. The van der Waals surface area contributed by atoms with Crippen LogP contribution in [0.15, 0.2) is 29.2 Å². The van der Waals surface area contributed by atoms with Gasteiger partial charge in [-0.05, 0) is 82.7 Å². The number of anilines is 2. The molecule has 3 aliphatic rings. The number of carbonyl (C=O) groups excluding carboxylic acids is 1. The number of Topliss-reactive ketones (excluding diaryl/α,β-unsaturated/α-hetero) is 1. The van der Waals surface area contributed by atoms with E-state index >= 15 is 0 Å². The minimum absolute atomic E-state index is 0.124. The van der Waals surface area contributed by atoms with Crippen molar-refractivity contribution in [2.75, 3.05) is 45.1 Å². The lowest BCUT2D eigenvalue weighted by Crippen LogP contribution is -2.44. The van der Waals surface area contributed by atoms with E-state index in [0.29, 0.717) is 47.3 Å². The van der Waals surface area contributed by atoms with Crippen LogP contribution in [0, 0.1) is 11.3 Å². The van der Waals surface area contributed by atoms with Crippen molar-refractivity contribution in [1.29, 1.82) is 5.41 Å². The Kier molecular flexibility index (Phi) is 10.3. The highest BCUT2D eigenvalue weighted by molar-refractivity contribution is 5.97. The van der Waals surface area contributed by atoms with Gasteiger partial charge in [0, 0.05) is 50.6 Å². The third-order valence-electron chi connectivity index (χ3n) is 9.18. The molecule has 1 aliphatic carbocycles. The van der Waals surface area contributed by atoms with Crippen molar-refractivity contribution in [2.45, 2.75) is 83.1 Å². The number of amidine groups is 1. The van der Waals surface area contributed by atoms with Crippen molar-refractivity contribution in [3.8, 4) is 11.5 Å². The van der Waals surface area contributed by atoms with E-state index < -0.39 is 0 Å². The first-order chi connectivity index (χ1) is 20.4. The number of benzene rings is 1. The smallest absolute Gasteiger partial charge is 0.350 e. The maximum atomic E-state index is 13.0. The minimum Gasteiger partial charge on any atom is -0.450 e. The van der Waals surface area contributed by atoms with E-state index in [9.17, 15) is 9.59 Å². The lowest BCUT2D eigenvalue weighted by Gasteiger charge is -2.32. The molecular formula is C32H47N7O3. The Bertz CT molecular complexity index is 1290. The van der Waals surface area contributed by atoms with Gasteiger partial charge >= 0.3 is 5.69 Å². The van der Waals surface area contributed by atoms with Crippen molar-refractivity contribution in [3.63, 3.8) is 0 Å². The molecule has 0 bridgehead atoms. The number of piperazine rings is 1. The normalized spacial score (nSPS) is 20.7. The summed E-state index contributed by atoms with van der Waals surface area (Å²) in [6.45, 7) is 5.48. The Hall–Kier alpha value is -3.24. The zero-order valence-electron chi connectivity index (χ0n) is 25.1. The molecule has 3 heterocycles. The predicted octanol–water partition coefficient (Wildman–Crippen LogP) is 5.31. The summed E-state index contributed by atoms with van der Waals surface area (Å²) >= 11 is 0. The van der Waals surface area contributed by atoms with Crippen LogP contribution in [0.3, 0.4) is 0 Å². The second-order valence-corrected chi connectivity index (χ2v) is 12.4. The van der Waals surface area contributed by atoms with Crippen LogP contribution in [0.25, 0.3) is 0 Å². The lowest BCUT2D eigenvalue weighted by atomic mass is 9.83. The number of aromatic nitrogens is 2. The van der Waals surface area contributed by atoms with E-state index in [-0.39, 0.29) is 23.4 Å². The van der Waals surface area contributed by atoms with E-state index in [1.165, 1.54) is 12.8 Å². The Morgan fingerprint density at radius 1 is 1.02 bits per heavy atom. The Labute approximate surface area is 249 Å². The highest BCUT2D eigenvalue weighted by Crippen LogP contribution is 2.42. The zero-order chi connectivity index (χ0) is 29.5. The van der Waals surface area contributed by atoms with Gasteiger partial charge in [0.05, 0.1) is 17.7 Å². The number of ketones is 1. The summed E-state index contributed by atoms with van der Waals surface area (Å²) in [5, 5.41) is 10.6. The number of unbranched alkanes of at least 4 members (excludes halogenated alkanes) is 3. The van der Waals surface area contributed by atoms with Gasteiger partial charge < -0.3 is 25.6 Å². The molecule has 228 valence electrons. The fourth-order valence-electron chi connectivity index (χ4n) is 6.49. The first-order valence-corrected chi connectivity index (χ1v) is 15.8. The number of fused-ring (bicyclic) bond motifs is 2. The third kappa shape index (κ3) is 7.98. The van der Waals surface area contributed by atoms with Crippen LogP contribution in [0.5, 0.6) is 11.5 Å². The molecule has 4 N–H and O–H groups in total. The highest BCUT2D eigenvalue weighted by atomic mass is 16.5. The van der Waals surface area contributed by atoms with E-state index in [4.69, 9.17) is 15.9 Å². The molecule has 1 aromatic heterocycles. The molecule has 10 nitrogen and oxygen atoms in total. The zero-order valence-corrected chi connectivity index (χ0v) is 25.1. The highest BCUT2D eigenvalue weighted by Gasteiger charge is 2.26. The maximum absolute atomic E-state index is 13.0. The summed E-state index contributed by atoms with van der Waals surface area (Å²) in [6, 6.07) is 5.61. The molecule has 2 aliphatic heterocycles. The topological polar surface area (TPSA) is 130 Å². The van der Waals surface area contributed by atoms with E-state index in [0.717, 1.165) is 84.1 Å². The molecule has 1 saturated heterocycles. The second-order valence-electron chi connectivity index (χ2n) is 12.4. The molecule has 0 radical (unpaired) electrons. The van der Waals surface area contributed by atoms with Crippen LogP contribution in [0.2, 0.25) is 0 Å². The summed E-state index contributed by atoms with van der Waals surface area (Å²) in [5.41, 5.74) is 6.49. The molecule has 1 aromatic carbocycles. The molecule has 0 unspecified atom stereocenters. The first kappa shape index (κ1) is 30.2. The van der Waals surface area contributed by atoms with Gasteiger partial charge in [0.1, 0.15) is 0 Å². The van der Waals surface area contributed by atoms with Gasteiger partial charge in [0.15, 0.2) is 23.1 Å². The maximum Gasteiger partial charge on any atom is 0.350 e. The van der Waals surface area contributed by atoms with Crippen molar-refractivity contribution in [2.24, 2.45) is 11.7 Å². The monoisotopic (exact) mass is 577 g/mol. The largest absolute Gasteiger partial charge is 0.450 e. The fraction of sp³-hybridized carbons (Fsp3) is 0.625. The number of hydrogen-bond donors (Lipinski definition) is 3. The Balaban J connectivity index is 1.10. The SMILES string of the molecule is CN1CCN(CCCCC(=O)c2ccc3c(c2)Nc2nc(=O)n(C4CCC(CCCCCC(=N)N)CC4)cc2O3)CC1. The number of nitrogens with two attached hydrogens (primary N) is 1. The van der Waals surface area contributed by atoms with E-state index in [1.54, 1.807) is 10.8 Å². The van der Waals surface area contributed by atoms with Crippen molar-refractivity contribution >= 4 is 23.1 Å². The molecule has 2 aromatic rings. The number of hydrogen-bond acceptors (Lipinski definition) is 8. The molecule has 0 amide bonds. The van der Waals surface area contributed by atoms with Crippen molar-refractivity contribution < 1.29 is 9.53 Å². The number of carbonyl (C=O) groups is 1. The molecule has 42 heavy (non-hydrogen) atoms. The van der Waals surface area contributed by atoms with Gasteiger partial charge in [-0.2, -0.15) is 4.98 Å². The van der Waals surface area contributed by atoms with Crippen LogP contribution in [0.4, 0.5) is 11.5 Å². The molecule has 2 fully saturated rings. The van der Waals surface area contributed by atoms with Crippen molar-refractivity contribution in [3.05, 3.63) is 40.4 Å². The average molecular weight is 578 g/mol. The summed E-state index contributed by atoms with van der Waals surface area (Å²) in [6.07, 6.45) is 13.5. The van der Waals surface area contributed by atoms with Crippen LogP contribution >= 0.6 is 0 Å². The number of nitrogens with one attached hydrogen (secondary N) is 2. The molecule has 1 saturated carbocycles. The van der Waals surface area contributed by atoms with Crippen LogP contribution in [-0.4, -0.2) is 70.7 Å². The summed E-state index contributed by atoms with van der Waals surface area (Å²) in [7, 11) is 2.16. The van der Waals surface area contributed by atoms with E-state index in [1.807, 2.05) is 18.2 Å². The molecule has 0 spiro atoms. The van der Waals surface area contributed by atoms with Crippen LogP contribution in [0.1, 0.15) is 93.4 Å². The van der Waals surface area contributed by atoms with Gasteiger partial charge in [0.2, 0.25) is 0 Å². The van der Waals surface area contributed by atoms with Gasteiger partial charge in [-0.3, -0.25) is 14.8 Å². The quantitative estimate of drug-likeness (QED) is 0.108. The second kappa shape index (κ2) is 14.3. The lowest BCUT2D eigenvalue weighted by molar-refractivity contribution is 0.0975. The van der Waals surface area contributed by atoms with Gasteiger partial charge in [-0.25, -0.2) is 4.79 Å². The number of likely N-dealkylation sites (N-methyl/N-ethyl adjacent to an activating group) is 1. The minimum atomic E-state index is -0.270. The summed E-state index contributed by atoms with van der Waals surface area (Å²) < 4.78 is 7.90. The standard InChI is InChI=1S/C32H47N7O3/c1-37-17-19-38(20-18-37)16-6-5-8-27(40)24-12-15-28-26(21-24)35-31-29(42-28)22-39(32(41)36-31)25-13-10-23(11-14-25)7-3-2-4-9-30(33)34/h12,15,21-23,25H,2-11,13-14,16-20H2,1H3,(H3,33,34)(H,35,36,41). The number of nitrogens with zero attached hydrogens (tertiary/aromatic N) is 4. The molecular weight excluding hydrogens is 530 g/mol. The molecule has 10 heteroatoms. The van der Waals surface area contributed by atoms with Crippen LogP contribution in [-0.2, 0) is 0 Å². The fourth-order valence-corrected chi connectivity index (χ4v) is 6.49. The van der Waals surface area contributed by atoms with Gasteiger partial charge in [-0.1, -0.05) is 19.3 Å². The summed E-state index contributed by atoms with van der Waals surface area (Å²) in [4.78, 5) is 35.1. The predicted molar refractivity (Wildman–Crippen MR) is 166 cm³/mol. The van der Waals surface area contributed by atoms with Crippen molar-refractivity contribution in [1.82, 2.24) is 19.4 Å². The first-order valence-electron chi connectivity index (χ1n) is 15.8. The average Bonchev–Trinajstić information content (AvgIpc) is 2.98. The molecule has 0 atom stereocenters.